The normalized spacial score (nSPS) is 9.47. The van der Waals surface area contributed by atoms with E-state index in [0.29, 0.717) is 5.56 Å². The van der Waals surface area contributed by atoms with E-state index in [0.717, 1.165) is 0 Å². The maximum absolute atomic E-state index is 11.3. The van der Waals surface area contributed by atoms with Crippen molar-refractivity contribution in [3.8, 4) is 0 Å². The molecule has 0 amide bonds. The van der Waals surface area contributed by atoms with E-state index in [1.807, 2.05) is 0 Å². The number of hydrogen-bond acceptors (Lipinski definition) is 5. The van der Waals surface area contributed by atoms with Gasteiger partial charge in [-0.15, -0.1) is 0 Å². The van der Waals surface area contributed by atoms with Crippen LogP contribution in [0.5, 0.6) is 0 Å². The molecule has 1 heterocycles. The fraction of sp³-hybridized carbons (Fsp3) is 0.300. The van der Waals surface area contributed by atoms with Gasteiger partial charge in [-0.05, 0) is 11.6 Å². The molecule has 0 bridgehead atoms. The lowest BCUT2D eigenvalue weighted by Crippen LogP contribution is -2.11. The van der Waals surface area contributed by atoms with E-state index in [4.69, 9.17) is 0 Å². The molecule has 0 N–H and O–H groups in total. The predicted octanol–water partition coefficient (Wildman–Crippen LogP) is 0.584. The zero-order valence-corrected chi connectivity index (χ0v) is 8.52. The summed E-state index contributed by atoms with van der Waals surface area (Å²) in [5.74, 6) is -0.923. The van der Waals surface area contributed by atoms with E-state index in [1.54, 1.807) is 6.07 Å². The Bertz CT molecular complexity index is 375. The van der Waals surface area contributed by atoms with Gasteiger partial charge in [-0.1, -0.05) is 0 Å². The summed E-state index contributed by atoms with van der Waals surface area (Å²) in [6.45, 7) is 0. The second kappa shape index (κ2) is 5.09. The van der Waals surface area contributed by atoms with Gasteiger partial charge in [0.25, 0.3) is 0 Å². The van der Waals surface area contributed by atoms with Gasteiger partial charge in [0.05, 0.1) is 26.2 Å². The molecule has 0 saturated carbocycles. The first-order valence-electron chi connectivity index (χ1n) is 4.27. The lowest BCUT2D eigenvalue weighted by atomic mass is 10.1. The van der Waals surface area contributed by atoms with Crippen molar-refractivity contribution in [3.63, 3.8) is 0 Å². The number of ether oxygens (including phenoxy) is 2. The molecule has 15 heavy (non-hydrogen) atoms. The molecule has 0 spiro atoms. The Morgan fingerprint density at radius 2 is 2.07 bits per heavy atom. The number of aromatic nitrogens is 1. The second-order valence-corrected chi connectivity index (χ2v) is 2.78. The first-order chi connectivity index (χ1) is 7.19. The molecule has 0 saturated heterocycles. The molecule has 0 aliphatic rings. The molecule has 0 unspecified atom stereocenters. The van der Waals surface area contributed by atoms with Gasteiger partial charge in [-0.3, -0.25) is 9.78 Å². The van der Waals surface area contributed by atoms with Gasteiger partial charge in [0.2, 0.25) is 0 Å². The van der Waals surface area contributed by atoms with Gasteiger partial charge in [0, 0.05) is 12.4 Å². The Kier molecular flexibility index (Phi) is 3.79. The van der Waals surface area contributed by atoms with Gasteiger partial charge in [-0.2, -0.15) is 0 Å². The van der Waals surface area contributed by atoms with Crippen molar-refractivity contribution in [3.05, 3.63) is 29.6 Å². The fourth-order valence-corrected chi connectivity index (χ4v) is 1.10. The average molecular weight is 209 g/mol. The molecule has 1 aromatic rings. The molecule has 0 aliphatic heterocycles. The average Bonchev–Trinajstić information content (AvgIpc) is 2.28. The second-order valence-electron chi connectivity index (χ2n) is 2.78. The van der Waals surface area contributed by atoms with Crippen LogP contribution < -0.4 is 0 Å². The number of carbonyl (C=O) groups is 2. The molecule has 1 rings (SSSR count). The summed E-state index contributed by atoms with van der Waals surface area (Å²) < 4.78 is 9.07. The van der Waals surface area contributed by atoms with Crippen LogP contribution in [0.2, 0.25) is 0 Å². The van der Waals surface area contributed by atoms with Gasteiger partial charge in [0.1, 0.15) is 0 Å². The van der Waals surface area contributed by atoms with Crippen LogP contribution in [0.15, 0.2) is 18.5 Å². The highest BCUT2D eigenvalue weighted by Gasteiger charge is 2.14. The van der Waals surface area contributed by atoms with E-state index >= 15 is 0 Å². The zero-order valence-electron chi connectivity index (χ0n) is 8.52. The lowest BCUT2D eigenvalue weighted by Gasteiger charge is -2.05. The molecule has 80 valence electrons. The molecule has 0 fully saturated rings. The number of rotatable bonds is 3. The van der Waals surface area contributed by atoms with Crippen LogP contribution in [0.4, 0.5) is 0 Å². The van der Waals surface area contributed by atoms with Crippen LogP contribution >= 0.6 is 0 Å². The Morgan fingerprint density at radius 1 is 1.33 bits per heavy atom. The Labute approximate surface area is 87.0 Å². The maximum Gasteiger partial charge on any atom is 0.339 e. The molecule has 0 atom stereocenters. The first kappa shape index (κ1) is 11.2. The van der Waals surface area contributed by atoms with Crippen molar-refractivity contribution in [1.82, 2.24) is 4.98 Å². The summed E-state index contributed by atoms with van der Waals surface area (Å²) in [7, 11) is 2.57. The number of hydrogen-bond donors (Lipinski definition) is 0. The third kappa shape index (κ3) is 2.77. The van der Waals surface area contributed by atoms with Gasteiger partial charge >= 0.3 is 11.9 Å². The SMILES string of the molecule is COC(=O)Cc1ccncc1C(=O)OC. The largest absolute Gasteiger partial charge is 0.469 e. The third-order valence-electron chi connectivity index (χ3n) is 1.88. The highest BCUT2D eigenvalue weighted by molar-refractivity contribution is 5.92. The van der Waals surface area contributed by atoms with E-state index < -0.39 is 11.9 Å². The van der Waals surface area contributed by atoms with Crippen molar-refractivity contribution in [1.29, 1.82) is 0 Å². The molecule has 1 aromatic heterocycles. The van der Waals surface area contributed by atoms with Crippen LogP contribution in [0.3, 0.4) is 0 Å². The van der Waals surface area contributed by atoms with Crippen LogP contribution in [0.25, 0.3) is 0 Å². The number of pyridine rings is 1. The predicted molar refractivity (Wildman–Crippen MR) is 51.3 cm³/mol. The van der Waals surface area contributed by atoms with E-state index in [-0.39, 0.29) is 12.0 Å². The van der Waals surface area contributed by atoms with Crippen molar-refractivity contribution < 1.29 is 19.1 Å². The number of esters is 2. The van der Waals surface area contributed by atoms with Crippen LogP contribution in [-0.2, 0) is 20.7 Å². The lowest BCUT2D eigenvalue weighted by molar-refractivity contribution is -0.139. The molecular weight excluding hydrogens is 198 g/mol. The summed E-state index contributed by atoms with van der Waals surface area (Å²) in [6, 6.07) is 1.59. The molecule has 5 nitrogen and oxygen atoms in total. The van der Waals surface area contributed by atoms with E-state index in [1.165, 1.54) is 26.6 Å². The monoisotopic (exact) mass is 209 g/mol. The highest BCUT2D eigenvalue weighted by atomic mass is 16.5. The van der Waals surface area contributed by atoms with Crippen LogP contribution in [0.1, 0.15) is 15.9 Å². The van der Waals surface area contributed by atoms with Crippen LogP contribution in [0, 0.1) is 0 Å². The number of methoxy groups -OCH3 is 2. The minimum Gasteiger partial charge on any atom is -0.469 e. The standard InChI is InChI=1S/C10H11NO4/c1-14-9(12)5-7-3-4-11-6-8(7)10(13)15-2/h3-4,6H,5H2,1-2H3. The Balaban J connectivity index is 2.96. The third-order valence-corrected chi connectivity index (χ3v) is 1.88. The van der Waals surface area contributed by atoms with Crippen molar-refractivity contribution in [2.45, 2.75) is 6.42 Å². The van der Waals surface area contributed by atoms with Crippen LogP contribution in [-0.4, -0.2) is 31.1 Å². The fourth-order valence-electron chi connectivity index (χ4n) is 1.10. The molecule has 0 aromatic carbocycles. The van der Waals surface area contributed by atoms with Gasteiger partial charge in [0.15, 0.2) is 0 Å². The van der Waals surface area contributed by atoms with Gasteiger partial charge in [-0.25, -0.2) is 4.79 Å². The maximum atomic E-state index is 11.3. The van der Waals surface area contributed by atoms with E-state index in [9.17, 15) is 9.59 Å². The minimum atomic E-state index is -0.512. The molecule has 0 aliphatic carbocycles. The summed E-state index contributed by atoms with van der Waals surface area (Å²) in [5.41, 5.74) is 0.828. The van der Waals surface area contributed by atoms with Crippen molar-refractivity contribution >= 4 is 11.9 Å². The summed E-state index contributed by atoms with van der Waals surface area (Å²) >= 11 is 0. The quantitative estimate of drug-likeness (QED) is 0.681. The topological polar surface area (TPSA) is 65.5 Å². The smallest absolute Gasteiger partial charge is 0.339 e. The molecular formula is C10H11NO4. The Hall–Kier alpha value is -1.91. The molecule has 5 heteroatoms. The Morgan fingerprint density at radius 3 is 2.67 bits per heavy atom. The zero-order chi connectivity index (χ0) is 11.3. The van der Waals surface area contributed by atoms with E-state index in [2.05, 4.69) is 14.5 Å². The molecule has 0 radical (unpaired) electrons. The minimum absolute atomic E-state index is 0.0312. The number of nitrogens with zero attached hydrogens (tertiary/aromatic N) is 1. The number of carbonyl (C=O) groups excluding carboxylic acids is 2. The first-order valence-corrected chi connectivity index (χ1v) is 4.27. The van der Waals surface area contributed by atoms with Crippen molar-refractivity contribution in [2.24, 2.45) is 0 Å². The van der Waals surface area contributed by atoms with Gasteiger partial charge < -0.3 is 9.47 Å². The summed E-state index contributed by atoms with van der Waals surface area (Å²) in [6.07, 6.45) is 2.90. The summed E-state index contributed by atoms with van der Waals surface area (Å²) in [4.78, 5) is 26.1. The van der Waals surface area contributed by atoms with Crippen molar-refractivity contribution in [2.75, 3.05) is 14.2 Å². The highest BCUT2D eigenvalue weighted by Crippen LogP contribution is 2.09. The summed E-state index contributed by atoms with van der Waals surface area (Å²) in [5, 5.41) is 0.